The van der Waals surface area contributed by atoms with E-state index in [2.05, 4.69) is 53.5 Å². The maximum Gasteiger partial charge on any atom is 0.0193 e. The molecule has 3 rings (SSSR count). The Kier molecular flexibility index (Phi) is 4.23. The minimum atomic E-state index is 0.575. The summed E-state index contributed by atoms with van der Waals surface area (Å²) in [6, 6.07) is 10.7. The average Bonchev–Trinajstić information content (AvgIpc) is 2.83. The van der Waals surface area contributed by atoms with Crippen LogP contribution in [0.1, 0.15) is 31.7 Å². The molecule has 1 aromatic rings. The van der Waals surface area contributed by atoms with Gasteiger partial charge in [-0.15, -0.1) is 0 Å². The van der Waals surface area contributed by atoms with Crippen LogP contribution in [-0.4, -0.2) is 37.6 Å². The lowest BCUT2D eigenvalue weighted by atomic mass is 9.80. The summed E-state index contributed by atoms with van der Waals surface area (Å²) in [4.78, 5) is 2.64. The van der Waals surface area contributed by atoms with Gasteiger partial charge in [-0.3, -0.25) is 4.90 Å². The third kappa shape index (κ3) is 3.31. The van der Waals surface area contributed by atoms with Crippen LogP contribution in [0.2, 0.25) is 0 Å². The lowest BCUT2D eigenvalue weighted by Crippen LogP contribution is -2.42. The number of likely N-dealkylation sites (tertiary alicyclic amines) is 1. The van der Waals surface area contributed by atoms with Gasteiger partial charge in [-0.05, 0) is 50.3 Å². The summed E-state index contributed by atoms with van der Waals surface area (Å²) in [5.74, 6) is 0. The molecular weight excluding hydrogens is 244 g/mol. The number of hydrogen-bond acceptors (Lipinski definition) is 2. The van der Waals surface area contributed by atoms with Crippen molar-refractivity contribution in [2.45, 2.75) is 26.2 Å². The molecule has 2 nitrogen and oxygen atoms in total. The molecule has 0 saturated carbocycles. The molecule has 0 aliphatic carbocycles. The van der Waals surface area contributed by atoms with Crippen LogP contribution in [-0.2, 0) is 0 Å². The molecule has 0 bridgehead atoms. The fraction of sp³-hybridized carbons (Fsp3) is 0.556. The minimum Gasteiger partial charge on any atom is -0.316 e. The summed E-state index contributed by atoms with van der Waals surface area (Å²) in [5.41, 5.74) is 3.36. The van der Waals surface area contributed by atoms with Crippen LogP contribution >= 0.6 is 0 Å². The topological polar surface area (TPSA) is 15.3 Å². The number of rotatable bonds is 3. The molecule has 0 aromatic heterocycles. The highest BCUT2D eigenvalue weighted by molar-refractivity contribution is 5.52. The van der Waals surface area contributed by atoms with E-state index >= 15 is 0 Å². The van der Waals surface area contributed by atoms with Gasteiger partial charge in [0.2, 0.25) is 0 Å². The van der Waals surface area contributed by atoms with Crippen molar-refractivity contribution in [1.29, 1.82) is 0 Å². The van der Waals surface area contributed by atoms with Crippen LogP contribution in [0.4, 0.5) is 0 Å². The number of hydrogen-bond donors (Lipinski definition) is 1. The lowest BCUT2D eigenvalue weighted by Gasteiger charge is -2.34. The van der Waals surface area contributed by atoms with Crippen molar-refractivity contribution < 1.29 is 0 Å². The van der Waals surface area contributed by atoms with Crippen molar-refractivity contribution in [3.05, 3.63) is 41.5 Å². The Hall–Kier alpha value is -1.12. The van der Waals surface area contributed by atoms with Gasteiger partial charge in [-0.2, -0.15) is 0 Å². The third-order valence-corrected chi connectivity index (χ3v) is 4.76. The van der Waals surface area contributed by atoms with Crippen molar-refractivity contribution in [1.82, 2.24) is 10.2 Å². The molecule has 1 aromatic carbocycles. The molecule has 2 aliphatic rings. The van der Waals surface area contributed by atoms with Crippen molar-refractivity contribution in [3.63, 3.8) is 0 Å². The molecule has 0 amide bonds. The van der Waals surface area contributed by atoms with Crippen LogP contribution in [0.15, 0.2) is 35.9 Å². The highest BCUT2D eigenvalue weighted by Gasteiger charge is 2.38. The minimum absolute atomic E-state index is 0.575. The SMILES string of the molecule is C/C(=C\c1ccccc1)CN1CC[C@@]2(CCCNC2)C1. The van der Waals surface area contributed by atoms with Gasteiger partial charge in [0.25, 0.3) is 0 Å². The summed E-state index contributed by atoms with van der Waals surface area (Å²) in [7, 11) is 0. The molecule has 0 radical (unpaired) electrons. The fourth-order valence-electron chi connectivity index (χ4n) is 3.77. The molecule has 1 N–H and O–H groups in total. The van der Waals surface area contributed by atoms with E-state index in [1.54, 1.807) is 0 Å². The summed E-state index contributed by atoms with van der Waals surface area (Å²) in [6.07, 6.45) is 6.47. The molecule has 2 aliphatic heterocycles. The van der Waals surface area contributed by atoms with Crippen molar-refractivity contribution in [2.75, 3.05) is 32.7 Å². The zero-order chi connectivity index (χ0) is 13.8. The maximum atomic E-state index is 3.59. The Bertz CT molecular complexity index is 458. The number of nitrogens with one attached hydrogen (secondary N) is 1. The number of benzene rings is 1. The van der Waals surface area contributed by atoms with Crippen LogP contribution < -0.4 is 5.32 Å². The summed E-state index contributed by atoms with van der Waals surface area (Å²) in [5, 5.41) is 3.59. The molecule has 2 fully saturated rings. The second-order valence-electron chi connectivity index (χ2n) is 6.64. The summed E-state index contributed by atoms with van der Waals surface area (Å²) < 4.78 is 0. The highest BCUT2D eigenvalue weighted by atomic mass is 15.2. The molecule has 1 atom stereocenters. The van der Waals surface area contributed by atoms with Gasteiger partial charge in [0, 0.05) is 19.6 Å². The van der Waals surface area contributed by atoms with Gasteiger partial charge in [0.05, 0.1) is 0 Å². The fourth-order valence-corrected chi connectivity index (χ4v) is 3.77. The van der Waals surface area contributed by atoms with Crippen LogP contribution in [0.3, 0.4) is 0 Å². The molecule has 1 spiro atoms. The van der Waals surface area contributed by atoms with Gasteiger partial charge in [0.1, 0.15) is 0 Å². The first-order valence-electron chi connectivity index (χ1n) is 7.91. The van der Waals surface area contributed by atoms with Crippen LogP contribution in [0.25, 0.3) is 6.08 Å². The maximum absolute atomic E-state index is 3.59. The third-order valence-electron chi connectivity index (χ3n) is 4.76. The molecule has 20 heavy (non-hydrogen) atoms. The second-order valence-corrected chi connectivity index (χ2v) is 6.64. The average molecular weight is 270 g/mol. The number of piperidine rings is 1. The molecular formula is C18H26N2. The second kappa shape index (κ2) is 6.11. The van der Waals surface area contributed by atoms with E-state index in [1.165, 1.54) is 56.6 Å². The monoisotopic (exact) mass is 270 g/mol. The summed E-state index contributed by atoms with van der Waals surface area (Å²) in [6.45, 7) is 8.37. The Morgan fingerprint density at radius 2 is 2.15 bits per heavy atom. The molecule has 2 heterocycles. The van der Waals surface area contributed by atoms with Gasteiger partial charge >= 0.3 is 0 Å². The van der Waals surface area contributed by atoms with E-state index in [0.717, 1.165) is 6.54 Å². The Balaban J connectivity index is 1.57. The van der Waals surface area contributed by atoms with E-state index in [9.17, 15) is 0 Å². The first kappa shape index (κ1) is 13.8. The Morgan fingerprint density at radius 3 is 2.90 bits per heavy atom. The van der Waals surface area contributed by atoms with E-state index in [0.29, 0.717) is 5.41 Å². The number of nitrogens with zero attached hydrogens (tertiary/aromatic N) is 1. The predicted octanol–water partition coefficient (Wildman–Crippen LogP) is 3.17. The van der Waals surface area contributed by atoms with Crippen LogP contribution in [0, 0.1) is 5.41 Å². The van der Waals surface area contributed by atoms with Gasteiger partial charge in [0.15, 0.2) is 0 Å². The first-order chi connectivity index (χ1) is 9.76. The zero-order valence-corrected chi connectivity index (χ0v) is 12.6. The normalized spacial score (nSPS) is 28.1. The largest absolute Gasteiger partial charge is 0.316 e. The van der Waals surface area contributed by atoms with E-state index in [1.807, 2.05) is 0 Å². The lowest BCUT2D eigenvalue weighted by molar-refractivity contribution is 0.207. The van der Waals surface area contributed by atoms with Gasteiger partial charge in [-0.25, -0.2) is 0 Å². The van der Waals surface area contributed by atoms with E-state index in [4.69, 9.17) is 0 Å². The van der Waals surface area contributed by atoms with E-state index in [-0.39, 0.29) is 0 Å². The highest BCUT2D eigenvalue weighted by Crippen LogP contribution is 2.36. The van der Waals surface area contributed by atoms with Crippen molar-refractivity contribution in [3.8, 4) is 0 Å². The zero-order valence-electron chi connectivity index (χ0n) is 12.6. The van der Waals surface area contributed by atoms with Crippen LogP contribution in [0.5, 0.6) is 0 Å². The standard InChI is InChI=1S/C18H26N2/c1-16(12-17-6-3-2-4-7-17)13-20-11-9-18(15-20)8-5-10-19-14-18/h2-4,6-7,12,19H,5,8-11,13-15H2,1H3/b16-12+/t18-/m1/s1. The first-order valence-corrected chi connectivity index (χ1v) is 7.91. The smallest absolute Gasteiger partial charge is 0.0193 e. The van der Waals surface area contributed by atoms with Crippen molar-refractivity contribution >= 4 is 6.08 Å². The van der Waals surface area contributed by atoms with E-state index < -0.39 is 0 Å². The van der Waals surface area contributed by atoms with Gasteiger partial charge in [-0.1, -0.05) is 42.0 Å². The Morgan fingerprint density at radius 1 is 1.30 bits per heavy atom. The molecule has 2 saturated heterocycles. The molecule has 0 unspecified atom stereocenters. The quantitative estimate of drug-likeness (QED) is 0.907. The van der Waals surface area contributed by atoms with Gasteiger partial charge < -0.3 is 5.32 Å². The summed E-state index contributed by atoms with van der Waals surface area (Å²) >= 11 is 0. The molecule has 2 heteroatoms. The molecule has 108 valence electrons. The van der Waals surface area contributed by atoms with Crippen molar-refractivity contribution in [2.24, 2.45) is 5.41 Å². The Labute approximate surface area is 122 Å². The predicted molar refractivity (Wildman–Crippen MR) is 85.7 cm³/mol.